The summed E-state index contributed by atoms with van der Waals surface area (Å²) in [5.41, 5.74) is 0.387. The van der Waals surface area contributed by atoms with Crippen LogP contribution in [-0.4, -0.2) is 33.5 Å². The van der Waals surface area contributed by atoms with Crippen molar-refractivity contribution >= 4 is 34.6 Å². The second-order valence-electron chi connectivity index (χ2n) is 5.73. The summed E-state index contributed by atoms with van der Waals surface area (Å²) in [6, 6.07) is 0. The van der Waals surface area contributed by atoms with Crippen molar-refractivity contribution in [3.8, 4) is 0 Å². The average molecular weight is 339 g/mol. The van der Waals surface area contributed by atoms with E-state index in [9.17, 15) is 9.59 Å². The van der Waals surface area contributed by atoms with Crippen LogP contribution in [0.3, 0.4) is 0 Å². The zero-order valence-electron chi connectivity index (χ0n) is 12.5. The first kappa shape index (κ1) is 16.6. The molecule has 0 saturated heterocycles. The Kier molecular flexibility index (Phi) is 4.92. The number of carbonyl (C=O) groups excluding carboxylic acids is 1. The van der Waals surface area contributed by atoms with Crippen molar-refractivity contribution in [2.24, 2.45) is 0 Å². The summed E-state index contributed by atoms with van der Waals surface area (Å²) in [5, 5.41) is 16.4. The number of hydrogen-bond donors (Lipinski definition) is 2. The second kappa shape index (κ2) is 6.53. The lowest BCUT2D eigenvalue weighted by atomic mass is 9.98. The van der Waals surface area contributed by atoms with Gasteiger partial charge in [-0.1, -0.05) is 20.8 Å². The number of hydrogen-bond acceptors (Lipinski definition) is 6. The van der Waals surface area contributed by atoms with Crippen LogP contribution >= 0.6 is 22.7 Å². The van der Waals surface area contributed by atoms with Gasteiger partial charge in [-0.05, 0) is 0 Å². The van der Waals surface area contributed by atoms with Crippen molar-refractivity contribution in [3.05, 3.63) is 32.2 Å². The molecule has 0 fully saturated rings. The largest absolute Gasteiger partial charge is 0.476 e. The zero-order chi connectivity index (χ0) is 16.3. The fraction of sp³-hybridized carbons (Fsp3) is 0.429. The zero-order valence-corrected chi connectivity index (χ0v) is 14.2. The van der Waals surface area contributed by atoms with Crippen molar-refractivity contribution in [3.63, 3.8) is 0 Å². The average Bonchev–Trinajstić information content (AvgIpc) is 3.07. The highest BCUT2D eigenvalue weighted by molar-refractivity contribution is 7.10. The third kappa shape index (κ3) is 4.11. The van der Waals surface area contributed by atoms with Crippen LogP contribution in [0.1, 0.15) is 51.8 Å². The molecule has 0 unspecified atom stereocenters. The Balaban J connectivity index is 1.87. The Morgan fingerprint density at radius 3 is 2.41 bits per heavy atom. The number of nitrogens with one attached hydrogen (secondary N) is 1. The summed E-state index contributed by atoms with van der Waals surface area (Å²) in [4.78, 5) is 31.1. The number of nitrogens with zero attached hydrogens (tertiary/aromatic N) is 2. The Hall–Kier alpha value is -1.80. The number of aromatic nitrogens is 2. The number of aromatic carboxylic acids is 1. The minimum Gasteiger partial charge on any atom is -0.476 e. The molecule has 0 saturated carbocycles. The molecule has 2 heterocycles. The van der Waals surface area contributed by atoms with Crippen molar-refractivity contribution in [1.29, 1.82) is 0 Å². The highest BCUT2D eigenvalue weighted by Gasteiger charge is 2.20. The maximum atomic E-state index is 12.0. The Morgan fingerprint density at radius 2 is 1.86 bits per heavy atom. The van der Waals surface area contributed by atoms with E-state index in [2.05, 4.69) is 36.1 Å². The molecular formula is C14H17N3O3S2. The van der Waals surface area contributed by atoms with Gasteiger partial charge < -0.3 is 10.4 Å². The Morgan fingerprint density at radius 1 is 1.18 bits per heavy atom. The molecule has 2 N–H and O–H groups in total. The second-order valence-corrected chi connectivity index (χ2v) is 7.53. The molecule has 0 atom stereocenters. The van der Waals surface area contributed by atoms with Gasteiger partial charge in [-0.15, -0.1) is 22.7 Å². The third-order valence-corrected chi connectivity index (χ3v) is 4.95. The molecule has 2 aromatic heterocycles. The molecule has 1 amide bonds. The van der Waals surface area contributed by atoms with E-state index in [1.165, 1.54) is 28.1 Å². The van der Waals surface area contributed by atoms with Gasteiger partial charge in [0, 0.05) is 29.1 Å². The highest BCUT2D eigenvalue weighted by Crippen LogP contribution is 2.25. The van der Waals surface area contributed by atoms with Crippen LogP contribution in [0.4, 0.5) is 0 Å². The van der Waals surface area contributed by atoms with Gasteiger partial charge >= 0.3 is 5.97 Å². The maximum absolute atomic E-state index is 12.0. The van der Waals surface area contributed by atoms with Gasteiger partial charge in [0.05, 0.1) is 10.0 Å². The summed E-state index contributed by atoms with van der Waals surface area (Å²) < 4.78 is 0. The summed E-state index contributed by atoms with van der Waals surface area (Å²) in [6.45, 7) is 6.55. The highest BCUT2D eigenvalue weighted by atomic mass is 32.1. The van der Waals surface area contributed by atoms with Crippen LogP contribution in [-0.2, 0) is 11.8 Å². The predicted molar refractivity (Wildman–Crippen MR) is 85.9 cm³/mol. The van der Waals surface area contributed by atoms with Gasteiger partial charge in [0.2, 0.25) is 0 Å². The molecule has 0 radical (unpaired) electrons. The number of amides is 1. The maximum Gasteiger partial charge on any atom is 0.355 e. The Bertz CT molecular complexity index is 686. The number of carboxylic acid groups (broad SMARTS) is 1. The summed E-state index contributed by atoms with van der Waals surface area (Å²) in [6.07, 6.45) is 0.500. The quantitative estimate of drug-likeness (QED) is 0.873. The monoisotopic (exact) mass is 339 g/mol. The van der Waals surface area contributed by atoms with Crippen molar-refractivity contribution < 1.29 is 14.7 Å². The van der Waals surface area contributed by atoms with Crippen LogP contribution in [0.25, 0.3) is 0 Å². The molecule has 6 nitrogen and oxygen atoms in total. The molecule has 22 heavy (non-hydrogen) atoms. The van der Waals surface area contributed by atoms with E-state index in [0.29, 0.717) is 23.7 Å². The number of carboxylic acids is 1. The summed E-state index contributed by atoms with van der Waals surface area (Å²) in [5.74, 6) is -1.26. The molecule has 0 aliphatic heterocycles. The molecule has 2 aromatic rings. The minimum absolute atomic E-state index is 0.0423. The van der Waals surface area contributed by atoms with Crippen molar-refractivity contribution in [1.82, 2.24) is 15.3 Å². The summed E-state index contributed by atoms with van der Waals surface area (Å²) >= 11 is 2.75. The van der Waals surface area contributed by atoms with Gasteiger partial charge in [-0.25, -0.2) is 14.8 Å². The normalized spacial score (nSPS) is 11.4. The molecule has 0 aliphatic rings. The first-order valence-electron chi connectivity index (χ1n) is 6.69. The first-order valence-corrected chi connectivity index (χ1v) is 8.45. The molecule has 2 rings (SSSR count). The van der Waals surface area contributed by atoms with E-state index < -0.39 is 5.97 Å². The van der Waals surface area contributed by atoms with Crippen molar-refractivity contribution in [2.75, 3.05) is 6.54 Å². The van der Waals surface area contributed by atoms with E-state index in [0.717, 1.165) is 5.01 Å². The lowest BCUT2D eigenvalue weighted by Crippen LogP contribution is -2.26. The lowest BCUT2D eigenvalue weighted by Gasteiger charge is -2.13. The van der Waals surface area contributed by atoms with Crippen LogP contribution in [0, 0.1) is 0 Å². The molecule has 118 valence electrons. The number of carbonyl (C=O) groups is 2. The molecule has 0 bridgehead atoms. The predicted octanol–water partition coefficient (Wildman–Crippen LogP) is 2.57. The van der Waals surface area contributed by atoms with Gasteiger partial charge in [0.25, 0.3) is 5.91 Å². The minimum atomic E-state index is -1.04. The first-order chi connectivity index (χ1) is 10.3. The molecule has 0 aromatic carbocycles. The van der Waals surface area contributed by atoms with Crippen LogP contribution in [0.2, 0.25) is 0 Å². The van der Waals surface area contributed by atoms with Crippen LogP contribution in [0.5, 0.6) is 0 Å². The van der Waals surface area contributed by atoms with Gasteiger partial charge in [0.1, 0.15) is 5.69 Å². The molecule has 8 heteroatoms. The van der Waals surface area contributed by atoms with E-state index in [1.54, 1.807) is 5.38 Å². The van der Waals surface area contributed by atoms with E-state index in [-0.39, 0.29) is 17.0 Å². The van der Waals surface area contributed by atoms with Gasteiger partial charge in [-0.3, -0.25) is 4.79 Å². The smallest absolute Gasteiger partial charge is 0.355 e. The van der Waals surface area contributed by atoms with Crippen molar-refractivity contribution in [2.45, 2.75) is 32.6 Å². The fourth-order valence-corrected chi connectivity index (χ4v) is 3.28. The van der Waals surface area contributed by atoms with Crippen LogP contribution < -0.4 is 5.32 Å². The van der Waals surface area contributed by atoms with E-state index in [1.807, 2.05) is 0 Å². The number of rotatable bonds is 5. The van der Waals surface area contributed by atoms with Gasteiger partial charge in [0.15, 0.2) is 5.69 Å². The fourth-order valence-electron chi connectivity index (χ4n) is 1.62. The topological polar surface area (TPSA) is 92.2 Å². The van der Waals surface area contributed by atoms with E-state index >= 15 is 0 Å². The third-order valence-electron chi connectivity index (χ3n) is 2.77. The summed E-state index contributed by atoms with van der Waals surface area (Å²) in [7, 11) is 0. The standard InChI is InChI=1S/C14H17N3O3S2/c1-14(2,3)13-17-8(6-22-13)11(18)15-5-4-10-16-9(7-21-10)12(19)20/h6-7H,4-5H2,1-3H3,(H,15,18)(H,19,20). The molecular weight excluding hydrogens is 322 g/mol. The number of thiazole rings is 2. The Labute approximate surface area is 136 Å². The molecule has 0 aliphatic carbocycles. The van der Waals surface area contributed by atoms with Crippen LogP contribution in [0.15, 0.2) is 10.8 Å². The lowest BCUT2D eigenvalue weighted by molar-refractivity contribution is 0.0690. The molecule has 0 spiro atoms. The van der Waals surface area contributed by atoms with E-state index in [4.69, 9.17) is 5.11 Å². The SMILES string of the molecule is CC(C)(C)c1nc(C(=O)NCCc2nc(C(=O)O)cs2)cs1. The van der Waals surface area contributed by atoms with Gasteiger partial charge in [-0.2, -0.15) is 0 Å².